The zero-order valence-corrected chi connectivity index (χ0v) is 10.9. The average Bonchev–Trinajstić information content (AvgIpc) is 2.71. The van der Waals surface area contributed by atoms with Gasteiger partial charge in [-0.25, -0.2) is 19.9 Å². The summed E-state index contributed by atoms with van der Waals surface area (Å²) in [6, 6.07) is 1.91. The van der Waals surface area contributed by atoms with Crippen LogP contribution in [0.25, 0.3) is 17.0 Å². The van der Waals surface area contributed by atoms with E-state index in [0.29, 0.717) is 28.6 Å². The Bertz CT molecular complexity index is 755. The molecule has 0 atom stereocenters. The van der Waals surface area contributed by atoms with E-state index < -0.39 is 0 Å². The highest BCUT2D eigenvalue weighted by molar-refractivity contribution is 5.85. The molecule has 0 aliphatic heterocycles. The van der Waals surface area contributed by atoms with Gasteiger partial charge in [-0.05, 0) is 26.8 Å². The SMILES string of the molecule is Cc1cc(C)nc(-n2ncc3c(N)nc(C)nc32)n1. The summed E-state index contributed by atoms with van der Waals surface area (Å²) in [5.74, 6) is 1.50. The Hall–Kier alpha value is -2.57. The normalized spacial score (nSPS) is 11.1. The van der Waals surface area contributed by atoms with E-state index in [9.17, 15) is 0 Å². The van der Waals surface area contributed by atoms with Gasteiger partial charge in [0.2, 0.25) is 0 Å². The second-order valence-electron chi connectivity index (χ2n) is 4.40. The number of aryl methyl sites for hydroxylation is 3. The number of nitrogens with zero attached hydrogens (tertiary/aromatic N) is 6. The molecule has 0 spiro atoms. The van der Waals surface area contributed by atoms with Crippen LogP contribution < -0.4 is 5.73 Å². The highest BCUT2D eigenvalue weighted by Crippen LogP contribution is 2.19. The maximum Gasteiger partial charge on any atom is 0.252 e. The second kappa shape index (κ2) is 3.98. The third kappa shape index (κ3) is 1.88. The van der Waals surface area contributed by atoms with Crippen LogP contribution in [0.3, 0.4) is 0 Å². The Morgan fingerprint density at radius 3 is 2.37 bits per heavy atom. The fourth-order valence-corrected chi connectivity index (χ4v) is 1.99. The van der Waals surface area contributed by atoms with Crippen molar-refractivity contribution in [1.29, 1.82) is 0 Å². The zero-order valence-electron chi connectivity index (χ0n) is 10.9. The highest BCUT2D eigenvalue weighted by Gasteiger charge is 2.13. The number of hydrogen-bond donors (Lipinski definition) is 1. The van der Waals surface area contributed by atoms with Crippen molar-refractivity contribution >= 4 is 16.9 Å². The first-order valence-corrected chi connectivity index (χ1v) is 5.85. The maximum atomic E-state index is 5.86. The molecule has 3 aromatic rings. The average molecular weight is 255 g/mol. The molecule has 19 heavy (non-hydrogen) atoms. The lowest BCUT2D eigenvalue weighted by Crippen LogP contribution is -2.07. The van der Waals surface area contributed by atoms with E-state index in [0.717, 1.165) is 11.4 Å². The van der Waals surface area contributed by atoms with Gasteiger partial charge in [0.15, 0.2) is 5.65 Å². The molecule has 0 saturated heterocycles. The predicted octanol–water partition coefficient (Wildman–Crippen LogP) is 1.11. The van der Waals surface area contributed by atoms with E-state index >= 15 is 0 Å². The van der Waals surface area contributed by atoms with Gasteiger partial charge in [0, 0.05) is 11.4 Å². The summed E-state index contributed by atoms with van der Waals surface area (Å²) in [6.45, 7) is 5.62. The van der Waals surface area contributed by atoms with Crippen molar-refractivity contribution in [2.45, 2.75) is 20.8 Å². The van der Waals surface area contributed by atoms with Gasteiger partial charge in [-0.15, -0.1) is 0 Å². The van der Waals surface area contributed by atoms with E-state index in [1.54, 1.807) is 17.8 Å². The minimum atomic E-state index is 0.415. The van der Waals surface area contributed by atoms with Crippen molar-refractivity contribution in [3.05, 3.63) is 29.5 Å². The molecule has 3 heterocycles. The Kier molecular flexibility index (Phi) is 2.41. The molecule has 7 heteroatoms. The van der Waals surface area contributed by atoms with Crippen molar-refractivity contribution < 1.29 is 0 Å². The monoisotopic (exact) mass is 255 g/mol. The maximum absolute atomic E-state index is 5.86. The molecule has 0 radical (unpaired) electrons. The van der Waals surface area contributed by atoms with E-state index in [1.807, 2.05) is 19.9 Å². The van der Waals surface area contributed by atoms with Crippen LogP contribution >= 0.6 is 0 Å². The van der Waals surface area contributed by atoms with Crippen molar-refractivity contribution in [3.63, 3.8) is 0 Å². The van der Waals surface area contributed by atoms with Gasteiger partial charge >= 0.3 is 0 Å². The summed E-state index contributed by atoms with van der Waals surface area (Å²) in [7, 11) is 0. The van der Waals surface area contributed by atoms with Crippen molar-refractivity contribution in [3.8, 4) is 5.95 Å². The first-order chi connectivity index (χ1) is 9.04. The van der Waals surface area contributed by atoms with Crippen LogP contribution in [0.2, 0.25) is 0 Å². The Balaban J connectivity index is 2.31. The van der Waals surface area contributed by atoms with Crippen LogP contribution in [0.15, 0.2) is 12.3 Å². The summed E-state index contributed by atoms with van der Waals surface area (Å²) < 4.78 is 1.58. The molecule has 7 nitrogen and oxygen atoms in total. The van der Waals surface area contributed by atoms with Crippen LogP contribution in [-0.2, 0) is 0 Å². The van der Waals surface area contributed by atoms with Gasteiger partial charge in [0.1, 0.15) is 11.6 Å². The summed E-state index contributed by atoms with van der Waals surface area (Å²) in [4.78, 5) is 17.2. The molecule has 0 fully saturated rings. The van der Waals surface area contributed by atoms with E-state index in [-0.39, 0.29) is 0 Å². The molecule has 0 aliphatic rings. The molecule has 96 valence electrons. The minimum absolute atomic E-state index is 0.415. The molecule has 0 bridgehead atoms. The lowest BCUT2D eigenvalue weighted by atomic mass is 10.3. The van der Waals surface area contributed by atoms with Crippen molar-refractivity contribution in [1.82, 2.24) is 29.7 Å². The number of hydrogen-bond acceptors (Lipinski definition) is 6. The Labute approximate surface area is 109 Å². The first kappa shape index (κ1) is 11.5. The van der Waals surface area contributed by atoms with Crippen LogP contribution in [0.4, 0.5) is 5.82 Å². The molecule has 3 rings (SSSR count). The van der Waals surface area contributed by atoms with Crippen LogP contribution in [0.1, 0.15) is 17.2 Å². The number of nitrogens with two attached hydrogens (primary N) is 1. The lowest BCUT2D eigenvalue weighted by Gasteiger charge is -2.04. The lowest BCUT2D eigenvalue weighted by molar-refractivity contribution is 0.805. The van der Waals surface area contributed by atoms with Crippen molar-refractivity contribution in [2.24, 2.45) is 0 Å². The minimum Gasteiger partial charge on any atom is -0.383 e. The molecule has 0 amide bonds. The zero-order chi connectivity index (χ0) is 13.6. The van der Waals surface area contributed by atoms with Crippen LogP contribution in [-0.4, -0.2) is 29.7 Å². The number of rotatable bonds is 1. The molecule has 0 unspecified atom stereocenters. The van der Waals surface area contributed by atoms with Gasteiger partial charge in [0.05, 0.1) is 11.6 Å². The Morgan fingerprint density at radius 2 is 1.68 bits per heavy atom. The number of aromatic nitrogens is 6. The Morgan fingerprint density at radius 1 is 1.00 bits per heavy atom. The fraction of sp³-hybridized carbons (Fsp3) is 0.250. The quantitative estimate of drug-likeness (QED) is 0.699. The largest absolute Gasteiger partial charge is 0.383 e. The summed E-state index contributed by atoms with van der Waals surface area (Å²) >= 11 is 0. The smallest absolute Gasteiger partial charge is 0.252 e. The predicted molar refractivity (Wildman–Crippen MR) is 70.9 cm³/mol. The van der Waals surface area contributed by atoms with E-state index in [1.165, 1.54) is 0 Å². The molecule has 0 aliphatic carbocycles. The topological polar surface area (TPSA) is 95.4 Å². The molecular weight excluding hydrogens is 242 g/mol. The first-order valence-electron chi connectivity index (χ1n) is 5.85. The molecule has 0 saturated carbocycles. The van der Waals surface area contributed by atoms with Crippen LogP contribution in [0, 0.1) is 20.8 Å². The standard InChI is InChI=1S/C12H13N7/c1-6-4-7(2)16-12(15-6)19-11-9(5-14-19)10(13)17-8(3)18-11/h4-5H,1-3H3,(H2,13,17,18). The van der Waals surface area contributed by atoms with Gasteiger partial charge in [-0.1, -0.05) is 0 Å². The second-order valence-corrected chi connectivity index (χ2v) is 4.40. The summed E-state index contributed by atoms with van der Waals surface area (Å²) in [6.07, 6.45) is 1.63. The summed E-state index contributed by atoms with van der Waals surface area (Å²) in [5.41, 5.74) is 8.24. The molecule has 2 N–H and O–H groups in total. The molecule has 3 aromatic heterocycles. The third-order valence-corrected chi connectivity index (χ3v) is 2.73. The number of fused-ring (bicyclic) bond motifs is 1. The highest BCUT2D eigenvalue weighted by atomic mass is 15.4. The van der Waals surface area contributed by atoms with E-state index in [4.69, 9.17) is 5.73 Å². The van der Waals surface area contributed by atoms with Gasteiger partial charge in [0.25, 0.3) is 5.95 Å². The number of anilines is 1. The third-order valence-electron chi connectivity index (χ3n) is 2.73. The van der Waals surface area contributed by atoms with E-state index in [2.05, 4.69) is 25.0 Å². The fourth-order valence-electron chi connectivity index (χ4n) is 1.99. The van der Waals surface area contributed by atoms with Gasteiger partial charge in [-0.2, -0.15) is 9.78 Å². The summed E-state index contributed by atoms with van der Waals surface area (Å²) in [5, 5.41) is 4.96. The van der Waals surface area contributed by atoms with Crippen molar-refractivity contribution in [2.75, 3.05) is 5.73 Å². The van der Waals surface area contributed by atoms with Gasteiger partial charge in [-0.3, -0.25) is 0 Å². The van der Waals surface area contributed by atoms with Crippen LogP contribution in [0.5, 0.6) is 0 Å². The van der Waals surface area contributed by atoms with Gasteiger partial charge < -0.3 is 5.73 Å². The molecular formula is C12H13N7. The number of nitrogen functional groups attached to an aromatic ring is 1. The molecule has 0 aromatic carbocycles.